The number of nitrogens with zero attached hydrogens (tertiary/aromatic N) is 2. The largest absolute Gasteiger partial charge is 0.433 e. The van der Waals surface area contributed by atoms with E-state index in [1.165, 1.54) is 12.3 Å². The van der Waals surface area contributed by atoms with Gasteiger partial charge in [-0.15, -0.1) is 0 Å². The SMILES string of the molecule is CC(C)CN1CCOC(CNc2ccc(OC(F)F)cn2)C1. The summed E-state index contributed by atoms with van der Waals surface area (Å²) in [4.78, 5) is 6.44. The molecule has 1 unspecified atom stereocenters. The summed E-state index contributed by atoms with van der Waals surface area (Å²) in [7, 11) is 0. The lowest BCUT2D eigenvalue weighted by atomic mass is 10.2. The van der Waals surface area contributed by atoms with Gasteiger partial charge in [0.05, 0.1) is 18.9 Å². The van der Waals surface area contributed by atoms with E-state index in [2.05, 4.69) is 33.8 Å². The van der Waals surface area contributed by atoms with Crippen molar-refractivity contribution >= 4 is 5.82 Å². The first-order chi connectivity index (χ1) is 10.5. The van der Waals surface area contributed by atoms with Crippen molar-refractivity contribution in [2.45, 2.75) is 26.6 Å². The van der Waals surface area contributed by atoms with Crippen LogP contribution in [0.15, 0.2) is 18.3 Å². The molecule has 0 aromatic carbocycles. The number of hydrogen-bond acceptors (Lipinski definition) is 5. The number of halogens is 2. The summed E-state index contributed by atoms with van der Waals surface area (Å²) in [6.07, 6.45) is 1.38. The van der Waals surface area contributed by atoms with Crippen LogP contribution >= 0.6 is 0 Å². The average molecular weight is 315 g/mol. The smallest absolute Gasteiger partial charge is 0.387 e. The molecule has 2 rings (SSSR count). The number of morpholine rings is 1. The normalized spacial score (nSPS) is 19.6. The molecular formula is C15H23F2N3O2. The first-order valence-corrected chi connectivity index (χ1v) is 7.51. The van der Waals surface area contributed by atoms with Crippen LogP contribution in [-0.2, 0) is 4.74 Å². The van der Waals surface area contributed by atoms with Gasteiger partial charge in [-0.3, -0.25) is 4.90 Å². The Morgan fingerprint density at radius 1 is 1.45 bits per heavy atom. The summed E-state index contributed by atoms with van der Waals surface area (Å²) in [5.41, 5.74) is 0. The molecule has 1 aromatic heterocycles. The standard InChI is InChI=1S/C15H23F2N3O2/c1-11(2)9-20-5-6-21-13(10-20)8-19-14-4-3-12(7-18-14)22-15(16)17/h3-4,7,11,13,15H,5-6,8-10H2,1-2H3,(H,18,19). The molecule has 1 saturated heterocycles. The molecule has 1 aromatic rings. The van der Waals surface area contributed by atoms with Crippen molar-refractivity contribution in [2.24, 2.45) is 5.92 Å². The van der Waals surface area contributed by atoms with E-state index in [0.29, 0.717) is 18.3 Å². The number of aromatic nitrogens is 1. The van der Waals surface area contributed by atoms with Gasteiger partial charge in [-0.2, -0.15) is 8.78 Å². The fraction of sp³-hybridized carbons (Fsp3) is 0.667. The molecule has 0 amide bonds. The van der Waals surface area contributed by atoms with E-state index in [9.17, 15) is 8.78 Å². The summed E-state index contributed by atoms with van der Waals surface area (Å²) in [5, 5.41) is 3.16. The maximum absolute atomic E-state index is 12.1. The van der Waals surface area contributed by atoms with Crippen molar-refractivity contribution in [2.75, 3.05) is 38.1 Å². The molecule has 124 valence electrons. The number of ether oxygens (including phenoxy) is 2. The van der Waals surface area contributed by atoms with Crippen molar-refractivity contribution in [3.63, 3.8) is 0 Å². The minimum absolute atomic E-state index is 0.0533. The summed E-state index contributed by atoms with van der Waals surface area (Å²) in [6, 6.07) is 3.08. The Labute approximate surface area is 129 Å². The minimum atomic E-state index is -2.83. The van der Waals surface area contributed by atoms with Crippen LogP contribution in [0.2, 0.25) is 0 Å². The Balaban J connectivity index is 1.77. The molecule has 1 N–H and O–H groups in total. The molecule has 1 aliphatic rings. The molecule has 7 heteroatoms. The van der Waals surface area contributed by atoms with Crippen LogP contribution < -0.4 is 10.1 Å². The van der Waals surface area contributed by atoms with Gasteiger partial charge in [-0.25, -0.2) is 4.98 Å². The third-order valence-corrected chi connectivity index (χ3v) is 3.32. The van der Waals surface area contributed by atoms with E-state index in [0.717, 1.165) is 26.2 Å². The Bertz CT molecular complexity index is 443. The molecule has 1 fully saturated rings. The van der Waals surface area contributed by atoms with Crippen LogP contribution in [0.3, 0.4) is 0 Å². The molecule has 0 spiro atoms. The van der Waals surface area contributed by atoms with Gasteiger partial charge in [0.25, 0.3) is 0 Å². The lowest BCUT2D eigenvalue weighted by Crippen LogP contribution is -2.46. The van der Waals surface area contributed by atoms with Gasteiger partial charge < -0.3 is 14.8 Å². The van der Waals surface area contributed by atoms with Crippen LogP contribution in [0.5, 0.6) is 5.75 Å². The van der Waals surface area contributed by atoms with Gasteiger partial charge in [-0.05, 0) is 18.1 Å². The summed E-state index contributed by atoms with van der Waals surface area (Å²) in [5.74, 6) is 1.31. The molecule has 1 aliphatic heterocycles. The molecule has 5 nitrogen and oxygen atoms in total. The van der Waals surface area contributed by atoms with Gasteiger partial charge in [0, 0.05) is 26.2 Å². The van der Waals surface area contributed by atoms with Crippen LogP contribution in [0.4, 0.5) is 14.6 Å². The highest BCUT2D eigenvalue weighted by Crippen LogP contribution is 2.15. The second kappa shape index (κ2) is 8.24. The number of anilines is 1. The van der Waals surface area contributed by atoms with Crippen molar-refractivity contribution in [1.29, 1.82) is 0 Å². The van der Waals surface area contributed by atoms with E-state index in [4.69, 9.17) is 4.74 Å². The fourth-order valence-electron chi connectivity index (χ4n) is 2.46. The van der Waals surface area contributed by atoms with Crippen LogP contribution in [-0.4, -0.2) is 55.4 Å². The zero-order valence-corrected chi connectivity index (χ0v) is 13.0. The maximum Gasteiger partial charge on any atom is 0.387 e. The molecule has 0 bridgehead atoms. The van der Waals surface area contributed by atoms with Crippen molar-refractivity contribution in [1.82, 2.24) is 9.88 Å². The van der Waals surface area contributed by atoms with Crippen molar-refractivity contribution in [3.05, 3.63) is 18.3 Å². The number of rotatable bonds is 7. The monoisotopic (exact) mass is 315 g/mol. The van der Waals surface area contributed by atoms with Crippen molar-refractivity contribution in [3.8, 4) is 5.75 Å². The van der Waals surface area contributed by atoms with Gasteiger partial charge in [-0.1, -0.05) is 13.8 Å². The molecule has 0 saturated carbocycles. The zero-order chi connectivity index (χ0) is 15.9. The molecule has 0 radical (unpaired) electrons. The lowest BCUT2D eigenvalue weighted by Gasteiger charge is -2.34. The highest BCUT2D eigenvalue weighted by atomic mass is 19.3. The van der Waals surface area contributed by atoms with Crippen LogP contribution in [0.25, 0.3) is 0 Å². The second-order valence-electron chi connectivity index (χ2n) is 5.78. The summed E-state index contributed by atoms with van der Waals surface area (Å²) in [6.45, 7) is 5.86. The quantitative estimate of drug-likeness (QED) is 0.837. The van der Waals surface area contributed by atoms with Gasteiger partial charge >= 0.3 is 6.61 Å². The van der Waals surface area contributed by atoms with E-state index >= 15 is 0 Å². The van der Waals surface area contributed by atoms with E-state index in [1.807, 2.05) is 0 Å². The predicted molar refractivity (Wildman–Crippen MR) is 80.4 cm³/mol. The Morgan fingerprint density at radius 3 is 2.91 bits per heavy atom. The third kappa shape index (κ3) is 5.73. The summed E-state index contributed by atoms with van der Waals surface area (Å²) >= 11 is 0. The number of nitrogens with one attached hydrogen (secondary N) is 1. The zero-order valence-electron chi connectivity index (χ0n) is 13.0. The first kappa shape index (κ1) is 16.9. The van der Waals surface area contributed by atoms with Crippen LogP contribution in [0, 0.1) is 5.92 Å². The number of pyridine rings is 1. The molecule has 1 atom stereocenters. The number of alkyl halides is 2. The van der Waals surface area contributed by atoms with Crippen molar-refractivity contribution < 1.29 is 18.3 Å². The Hall–Kier alpha value is -1.47. The molecule has 2 heterocycles. The van der Waals surface area contributed by atoms with Gasteiger partial charge in [0.2, 0.25) is 0 Å². The minimum Gasteiger partial charge on any atom is -0.433 e. The Morgan fingerprint density at radius 2 is 2.27 bits per heavy atom. The highest BCUT2D eigenvalue weighted by molar-refractivity contribution is 5.37. The molecule has 0 aliphatic carbocycles. The van der Waals surface area contributed by atoms with Gasteiger partial charge in [0.1, 0.15) is 11.6 Å². The van der Waals surface area contributed by atoms with E-state index < -0.39 is 6.61 Å². The van der Waals surface area contributed by atoms with E-state index in [-0.39, 0.29) is 11.9 Å². The van der Waals surface area contributed by atoms with Gasteiger partial charge in [0.15, 0.2) is 0 Å². The van der Waals surface area contributed by atoms with Crippen LogP contribution in [0.1, 0.15) is 13.8 Å². The lowest BCUT2D eigenvalue weighted by molar-refractivity contribution is -0.0500. The topological polar surface area (TPSA) is 46.6 Å². The average Bonchev–Trinajstić information content (AvgIpc) is 2.46. The number of hydrogen-bond donors (Lipinski definition) is 1. The summed E-state index contributed by atoms with van der Waals surface area (Å²) < 4.78 is 34.1. The third-order valence-electron chi connectivity index (χ3n) is 3.32. The highest BCUT2D eigenvalue weighted by Gasteiger charge is 2.20. The predicted octanol–water partition coefficient (Wildman–Crippen LogP) is 2.45. The molecular weight excluding hydrogens is 292 g/mol. The fourth-order valence-corrected chi connectivity index (χ4v) is 2.46. The first-order valence-electron chi connectivity index (χ1n) is 7.51. The maximum atomic E-state index is 12.1. The molecule has 22 heavy (non-hydrogen) atoms. The second-order valence-corrected chi connectivity index (χ2v) is 5.78. The Kier molecular flexibility index (Phi) is 6.33. The van der Waals surface area contributed by atoms with E-state index in [1.54, 1.807) is 6.07 Å².